The predicted octanol–water partition coefficient (Wildman–Crippen LogP) is 4.55. The lowest BCUT2D eigenvalue weighted by atomic mass is 10.2. The molecule has 0 saturated carbocycles. The topological polar surface area (TPSA) is 42.7 Å². The predicted molar refractivity (Wildman–Crippen MR) is 89.4 cm³/mol. The molecule has 4 rings (SSSR count). The minimum Gasteiger partial charge on any atom is -0.495 e. The van der Waals surface area contributed by atoms with E-state index in [1.165, 1.54) is 0 Å². The Bertz CT molecular complexity index is 916. The zero-order chi connectivity index (χ0) is 16.0. The number of nitrogens with zero attached hydrogens (tertiary/aromatic N) is 1. The van der Waals surface area contributed by atoms with E-state index in [0.717, 1.165) is 27.8 Å². The maximum atomic E-state index is 12.8. The van der Waals surface area contributed by atoms with Gasteiger partial charge >= 0.3 is 0 Å². The van der Waals surface area contributed by atoms with Crippen molar-refractivity contribution in [3.05, 3.63) is 60.4 Å². The molecule has 1 aliphatic heterocycles. The van der Waals surface area contributed by atoms with Gasteiger partial charge in [-0.2, -0.15) is 0 Å². The molecule has 23 heavy (non-hydrogen) atoms. The van der Waals surface area contributed by atoms with Crippen LogP contribution in [0, 0.1) is 6.92 Å². The third-order valence-corrected chi connectivity index (χ3v) is 5.27. The molecule has 0 amide bonds. The molecule has 4 nitrogen and oxygen atoms in total. The van der Waals surface area contributed by atoms with E-state index in [-0.39, 0.29) is 0 Å². The number of anilines is 3. The highest BCUT2D eigenvalue weighted by molar-refractivity contribution is 7.85. The lowest BCUT2D eigenvalue weighted by Gasteiger charge is -2.30. The normalized spacial score (nSPS) is 15.9. The number of aryl methyl sites for hydroxylation is 1. The van der Waals surface area contributed by atoms with Gasteiger partial charge in [-0.1, -0.05) is 24.3 Å². The van der Waals surface area contributed by atoms with Crippen LogP contribution in [-0.4, -0.2) is 11.3 Å². The molecule has 0 aliphatic carbocycles. The third-order valence-electron chi connectivity index (χ3n) is 3.84. The SMILES string of the molecule is COc1ccccc1N1c2ccccc2S(=O)c2cc(C)oc21. The summed E-state index contributed by atoms with van der Waals surface area (Å²) in [5.74, 6) is 2.05. The second-order valence-electron chi connectivity index (χ2n) is 5.27. The first-order valence-corrected chi connectivity index (χ1v) is 8.40. The van der Waals surface area contributed by atoms with Gasteiger partial charge in [0.15, 0.2) is 0 Å². The second kappa shape index (κ2) is 5.28. The van der Waals surface area contributed by atoms with Crippen LogP contribution in [0.3, 0.4) is 0 Å². The first-order valence-electron chi connectivity index (χ1n) is 7.25. The van der Waals surface area contributed by atoms with Crippen molar-refractivity contribution in [2.45, 2.75) is 16.7 Å². The van der Waals surface area contributed by atoms with Crippen LogP contribution in [0.4, 0.5) is 17.3 Å². The van der Waals surface area contributed by atoms with Gasteiger partial charge in [0, 0.05) is 0 Å². The summed E-state index contributed by atoms with van der Waals surface area (Å²) in [5.41, 5.74) is 1.70. The molecular weight excluding hydrogens is 310 g/mol. The van der Waals surface area contributed by atoms with Gasteiger partial charge in [0.25, 0.3) is 0 Å². The standard InChI is InChI=1S/C18H15NO3S/c1-12-11-17-18(22-12)19(13-7-3-5-9-15(13)21-2)14-8-4-6-10-16(14)23(17)20/h3-11H,1-2H3. The van der Waals surface area contributed by atoms with E-state index < -0.39 is 10.8 Å². The first kappa shape index (κ1) is 14.1. The minimum absolute atomic E-state index is 0.587. The van der Waals surface area contributed by atoms with E-state index in [1.807, 2.05) is 66.4 Å². The van der Waals surface area contributed by atoms with E-state index in [2.05, 4.69) is 0 Å². The molecule has 1 atom stereocenters. The quantitative estimate of drug-likeness (QED) is 0.542. The number of methoxy groups -OCH3 is 1. The Labute approximate surface area is 136 Å². The van der Waals surface area contributed by atoms with E-state index in [1.54, 1.807) is 7.11 Å². The number of para-hydroxylation sites is 3. The van der Waals surface area contributed by atoms with Crippen molar-refractivity contribution in [2.75, 3.05) is 12.0 Å². The van der Waals surface area contributed by atoms with Gasteiger partial charge < -0.3 is 9.15 Å². The fourth-order valence-electron chi connectivity index (χ4n) is 2.85. The highest BCUT2D eigenvalue weighted by Gasteiger charge is 2.33. The number of hydrogen-bond donors (Lipinski definition) is 0. The summed E-state index contributed by atoms with van der Waals surface area (Å²) in [7, 11) is 0.392. The van der Waals surface area contributed by atoms with Crippen LogP contribution < -0.4 is 9.64 Å². The van der Waals surface area contributed by atoms with Gasteiger partial charge in [0.1, 0.15) is 16.4 Å². The molecule has 0 fully saturated rings. The number of furan rings is 1. The molecule has 0 bridgehead atoms. The summed E-state index contributed by atoms with van der Waals surface area (Å²) in [6.45, 7) is 1.86. The van der Waals surface area contributed by atoms with Gasteiger partial charge in [0.05, 0.1) is 34.2 Å². The summed E-state index contributed by atoms with van der Waals surface area (Å²) in [6.07, 6.45) is 0. The largest absolute Gasteiger partial charge is 0.495 e. The van der Waals surface area contributed by atoms with Crippen molar-refractivity contribution < 1.29 is 13.4 Å². The number of fused-ring (bicyclic) bond motifs is 2. The monoisotopic (exact) mass is 325 g/mol. The molecule has 5 heteroatoms. The Hall–Kier alpha value is -2.53. The van der Waals surface area contributed by atoms with Gasteiger partial charge in [-0.25, -0.2) is 4.21 Å². The Morgan fingerprint density at radius 2 is 1.70 bits per heavy atom. The van der Waals surface area contributed by atoms with E-state index in [0.29, 0.717) is 10.8 Å². The summed E-state index contributed by atoms with van der Waals surface area (Å²) in [5, 5.41) is 0. The van der Waals surface area contributed by atoms with Crippen LogP contribution in [0.25, 0.3) is 0 Å². The molecule has 0 N–H and O–H groups in total. The van der Waals surface area contributed by atoms with E-state index in [9.17, 15) is 4.21 Å². The fourth-order valence-corrected chi connectivity index (χ4v) is 4.20. The molecule has 116 valence electrons. The lowest BCUT2D eigenvalue weighted by Crippen LogP contribution is -2.18. The Morgan fingerprint density at radius 3 is 2.48 bits per heavy atom. The van der Waals surface area contributed by atoms with E-state index in [4.69, 9.17) is 9.15 Å². The van der Waals surface area contributed by atoms with Crippen LogP contribution in [0.5, 0.6) is 5.75 Å². The first-order chi connectivity index (χ1) is 11.2. The number of ether oxygens (including phenoxy) is 1. The summed E-state index contributed by atoms with van der Waals surface area (Å²) < 4.78 is 24.2. The van der Waals surface area contributed by atoms with Crippen molar-refractivity contribution in [3.63, 3.8) is 0 Å². The smallest absolute Gasteiger partial charge is 0.221 e. The maximum Gasteiger partial charge on any atom is 0.221 e. The Balaban J connectivity index is 2.03. The van der Waals surface area contributed by atoms with Gasteiger partial charge in [-0.15, -0.1) is 0 Å². The van der Waals surface area contributed by atoms with Crippen molar-refractivity contribution in [2.24, 2.45) is 0 Å². The van der Waals surface area contributed by atoms with Crippen molar-refractivity contribution in [1.29, 1.82) is 0 Å². The Kier molecular flexibility index (Phi) is 3.23. The summed E-state index contributed by atoms with van der Waals surface area (Å²) >= 11 is 0. The number of hydrogen-bond acceptors (Lipinski definition) is 4. The average Bonchev–Trinajstić information content (AvgIpc) is 2.97. The minimum atomic E-state index is -1.25. The van der Waals surface area contributed by atoms with Crippen molar-refractivity contribution in [3.8, 4) is 5.75 Å². The molecule has 0 saturated heterocycles. The molecule has 0 radical (unpaired) electrons. The maximum absolute atomic E-state index is 12.8. The molecule has 2 heterocycles. The highest BCUT2D eigenvalue weighted by Crippen LogP contribution is 2.49. The van der Waals surface area contributed by atoms with Crippen LogP contribution in [0.2, 0.25) is 0 Å². The molecular formula is C18H15NO3S. The average molecular weight is 325 g/mol. The highest BCUT2D eigenvalue weighted by atomic mass is 32.2. The van der Waals surface area contributed by atoms with Crippen molar-refractivity contribution >= 4 is 28.1 Å². The molecule has 0 spiro atoms. The van der Waals surface area contributed by atoms with Crippen LogP contribution in [0.1, 0.15) is 5.76 Å². The Morgan fingerprint density at radius 1 is 1.00 bits per heavy atom. The molecule has 1 aromatic heterocycles. The molecule has 2 aromatic carbocycles. The lowest BCUT2D eigenvalue weighted by molar-refractivity contribution is 0.415. The number of rotatable bonds is 2. The van der Waals surface area contributed by atoms with Gasteiger partial charge in [-0.05, 0) is 37.3 Å². The molecule has 1 unspecified atom stereocenters. The van der Waals surface area contributed by atoms with Crippen LogP contribution in [0.15, 0.2) is 68.8 Å². The second-order valence-corrected chi connectivity index (χ2v) is 6.69. The van der Waals surface area contributed by atoms with Gasteiger partial charge in [0.2, 0.25) is 5.88 Å². The molecule has 3 aromatic rings. The van der Waals surface area contributed by atoms with Crippen LogP contribution >= 0.6 is 0 Å². The fraction of sp³-hybridized carbons (Fsp3) is 0.111. The zero-order valence-corrected chi connectivity index (χ0v) is 13.6. The van der Waals surface area contributed by atoms with Crippen LogP contribution in [-0.2, 0) is 10.8 Å². The van der Waals surface area contributed by atoms with E-state index >= 15 is 0 Å². The summed E-state index contributed by atoms with van der Waals surface area (Å²) in [6, 6.07) is 17.2. The molecule has 1 aliphatic rings. The van der Waals surface area contributed by atoms with Crippen molar-refractivity contribution in [1.82, 2.24) is 0 Å². The zero-order valence-electron chi connectivity index (χ0n) is 12.8. The third kappa shape index (κ3) is 2.08. The number of benzene rings is 2. The van der Waals surface area contributed by atoms with Gasteiger partial charge in [-0.3, -0.25) is 4.90 Å². The summed E-state index contributed by atoms with van der Waals surface area (Å²) in [4.78, 5) is 3.43.